The molecule has 2 rings (SSSR count). The molecule has 4 N–H and O–H groups in total. The molecule has 1 aromatic carbocycles. The highest BCUT2D eigenvalue weighted by Crippen LogP contribution is 2.26. The van der Waals surface area contributed by atoms with Crippen molar-refractivity contribution in [2.45, 2.75) is 6.92 Å². The summed E-state index contributed by atoms with van der Waals surface area (Å²) in [4.78, 5) is 11.9. The molecule has 1 heterocycles. The normalized spacial score (nSPS) is 10.4. The maximum absolute atomic E-state index is 11.9. The summed E-state index contributed by atoms with van der Waals surface area (Å²) in [5.41, 5.74) is 7.26. The molecule has 0 aliphatic rings. The van der Waals surface area contributed by atoms with Gasteiger partial charge in [-0.25, -0.2) is 0 Å². The largest absolute Gasteiger partial charge is 0.395 e. The van der Waals surface area contributed by atoms with Crippen LogP contribution < -0.4 is 11.1 Å². The Hall–Kier alpha value is -1.72. The number of amides is 1. The van der Waals surface area contributed by atoms with E-state index in [1.165, 1.54) is 6.07 Å². The van der Waals surface area contributed by atoms with E-state index in [1.54, 1.807) is 19.1 Å². The van der Waals surface area contributed by atoms with Crippen LogP contribution in [0.4, 0.5) is 11.4 Å². The Labute approximate surface area is 113 Å². The maximum Gasteiger partial charge on any atom is 0.278 e. The number of nitrogens with two attached hydrogens (primary N) is 1. The van der Waals surface area contributed by atoms with Gasteiger partial charge in [0.05, 0.1) is 22.1 Å². The molecule has 1 aromatic heterocycles. The topological polar surface area (TPSA) is 83.8 Å². The predicted octanol–water partition coefficient (Wildman–Crippen LogP) is 2.86. The van der Waals surface area contributed by atoms with E-state index >= 15 is 0 Å². The molecular weight excluding hydrogens is 275 g/mol. The SMILES string of the molecule is Cc1[nH]nc(C(=O)Nc2ccc(Cl)cc2Cl)c1N. The summed E-state index contributed by atoms with van der Waals surface area (Å²) < 4.78 is 0. The molecule has 0 saturated carbocycles. The fourth-order valence-electron chi connectivity index (χ4n) is 1.38. The van der Waals surface area contributed by atoms with E-state index in [4.69, 9.17) is 28.9 Å². The summed E-state index contributed by atoms with van der Waals surface area (Å²) in [7, 11) is 0. The number of rotatable bonds is 2. The van der Waals surface area contributed by atoms with Crippen LogP contribution in [-0.2, 0) is 0 Å². The van der Waals surface area contributed by atoms with E-state index in [0.29, 0.717) is 27.1 Å². The van der Waals surface area contributed by atoms with E-state index in [2.05, 4.69) is 15.5 Å². The van der Waals surface area contributed by atoms with Gasteiger partial charge in [-0.1, -0.05) is 23.2 Å². The fourth-order valence-corrected chi connectivity index (χ4v) is 1.84. The molecule has 0 atom stereocenters. The van der Waals surface area contributed by atoms with Crippen molar-refractivity contribution in [2.24, 2.45) is 0 Å². The van der Waals surface area contributed by atoms with Crippen molar-refractivity contribution in [1.29, 1.82) is 0 Å². The minimum Gasteiger partial charge on any atom is -0.395 e. The predicted molar refractivity (Wildman–Crippen MR) is 72.2 cm³/mol. The number of halogens is 2. The quantitative estimate of drug-likeness (QED) is 0.793. The number of anilines is 2. The number of carbonyl (C=O) groups is 1. The summed E-state index contributed by atoms with van der Waals surface area (Å²) in [5, 5.41) is 9.92. The Bertz CT molecular complexity index is 609. The van der Waals surface area contributed by atoms with Crippen LogP contribution in [-0.4, -0.2) is 16.1 Å². The molecular formula is C11H10Cl2N4O. The fraction of sp³-hybridized carbons (Fsp3) is 0.0909. The molecule has 5 nitrogen and oxygen atoms in total. The van der Waals surface area contributed by atoms with Crippen LogP contribution in [0.15, 0.2) is 18.2 Å². The van der Waals surface area contributed by atoms with Crippen LogP contribution >= 0.6 is 23.2 Å². The van der Waals surface area contributed by atoms with Gasteiger partial charge in [0.2, 0.25) is 0 Å². The molecule has 0 aliphatic carbocycles. The lowest BCUT2D eigenvalue weighted by Crippen LogP contribution is -2.14. The average Bonchev–Trinajstić information content (AvgIpc) is 2.64. The van der Waals surface area contributed by atoms with E-state index in [0.717, 1.165) is 0 Å². The highest BCUT2D eigenvalue weighted by Gasteiger charge is 2.16. The second kappa shape index (κ2) is 4.88. The summed E-state index contributed by atoms with van der Waals surface area (Å²) in [5.74, 6) is -0.430. The smallest absolute Gasteiger partial charge is 0.278 e. The van der Waals surface area contributed by atoms with Crippen molar-refractivity contribution in [2.75, 3.05) is 11.1 Å². The first-order chi connectivity index (χ1) is 8.49. The number of benzene rings is 1. The number of hydrogen-bond donors (Lipinski definition) is 3. The number of nitrogens with zero attached hydrogens (tertiary/aromatic N) is 1. The van der Waals surface area contributed by atoms with E-state index in [9.17, 15) is 4.79 Å². The molecule has 94 valence electrons. The zero-order chi connectivity index (χ0) is 13.3. The summed E-state index contributed by atoms with van der Waals surface area (Å²) in [6.07, 6.45) is 0. The lowest BCUT2D eigenvalue weighted by molar-refractivity contribution is 0.102. The van der Waals surface area contributed by atoms with Gasteiger partial charge in [0.25, 0.3) is 5.91 Å². The van der Waals surface area contributed by atoms with Gasteiger partial charge in [0.1, 0.15) is 0 Å². The second-order valence-corrected chi connectivity index (χ2v) is 4.53. The minimum atomic E-state index is -0.430. The maximum atomic E-state index is 11.9. The van der Waals surface area contributed by atoms with Gasteiger partial charge < -0.3 is 11.1 Å². The highest BCUT2D eigenvalue weighted by molar-refractivity contribution is 6.36. The second-order valence-electron chi connectivity index (χ2n) is 3.69. The van der Waals surface area contributed by atoms with Crippen molar-refractivity contribution in [3.8, 4) is 0 Å². The number of nitrogens with one attached hydrogen (secondary N) is 2. The molecule has 1 amide bonds. The molecule has 7 heteroatoms. The number of aryl methyl sites for hydroxylation is 1. The first kappa shape index (κ1) is 12.7. The third-order valence-corrected chi connectivity index (χ3v) is 2.94. The van der Waals surface area contributed by atoms with Gasteiger partial charge in [-0.3, -0.25) is 9.89 Å². The van der Waals surface area contributed by atoms with E-state index in [-0.39, 0.29) is 5.69 Å². The Morgan fingerprint density at radius 2 is 2.17 bits per heavy atom. The molecule has 2 aromatic rings. The Morgan fingerprint density at radius 3 is 2.72 bits per heavy atom. The van der Waals surface area contributed by atoms with Crippen LogP contribution in [0.5, 0.6) is 0 Å². The summed E-state index contributed by atoms with van der Waals surface area (Å²) in [6.45, 7) is 1.73. The van der Waals surface area contributed by atoms with Crippen LogP contribution in [0.3, 0.4) is 0 Å². The number of H-pyrrole nitrogens is 1. The lowest BCUT2D eigenvalue weighted by Gasteiger charge is -2.06. The first-order valence-electron chi connectivity index (χ1n) is 5.06. The summed E-state index contributed by atoms with van der Waals surface area (Å²) in [6, 6.07) is 4.78. The molecule has 0 saturated heterocycles. The Balaban J connectivity index is 2.24. The molecule has 18 heavy (non-hydrogen) atoms. The van der Waals surface area contributed by atoms with Crippen LogP contribution in [0.2, 0.25) is 10.0 Å². The highest BCUT2D eigenvalue weighted by atomic mass is 35.5. The van der Waals surface area contributed by atoms with Gasteiger partial charge >= 0.3 is 0 Å². The van der Waals surface area contributed by atoms with E-state index < -0.39 is 5.91 Å². The third-order valence-electron chi connectivity index (χ3n) is 2.39. The van der Waals surface area contributed by atoms with Crippen molar-refractivity contribution in [3.63, 3.8) is 0 Å². The number of nitrogen functional groups attached to an aromatic ring is 1. The zero-order valence-electron chi connectivity index (χ0n) is 9.42. The van der Waals surface area contributed by atoms with Crippen molar-refractivity contribution < 1.29 is 4.79 Å². The van der Waals surface area contributed by atoms with Gasteiger partial charge in [0, 0.05) is 5.02 Å². The number of aromatic amines is 1. The van der Waals surface area contributed by atoms with Crippen LogP contribution in [0, 0.1) is 6.92 Å². The number of hydrogen-bond acceptors (Lipinski definition) is 3. The van der Waals surface area contributed by atoms with Crippen molar-refractivity contribution >= 4 is 40.5 Å². The van der Waals surface area contributed by atoms with Gasteiger partial charge in [0.15, 0.2) is 5.69 Å². The summed E-state index contributed by atoms with van der Waals surface area (Å²) >= 11 is 11.7. The first-order valence-corrected chi connectivity index (χ1v) is 5.81. The standard InChI is InChI=1S/C11H10Cl2N4O/c1-5-9(14)10(17-16-5)11(18)15-8-3-2-6(12)4-7(8)13/h2-4H,14H2,1H3,(H,15,18)(H,16,17). The van der Waals surface area contributed by atoms with Crippen LogP contribution in [0.1, 0.15) is 16.2 Å². The van der Waals surface area contributed by atoms with Gasteiger partial charge in [-0.15, -0.1) is 0 Å². The lowest BCUT2D eigenvalue weighted by atomic mass is 10.2. The monoisotopic (exact) mass is 284 g/mol. The van der Waals surface area contributed by atoms with Crippen molar-refractivity contribution in [1.82, 2.24) is 10.2 Å². The van der Waals surface area contributed by atoms with E-state index in [1.807, 2.05) is 0 Å². The van der Waals surface area contributed by atoms with Gasteiger partial charge in [-0.05, 0) is 25.1 Å². The van der Waals surface area contributed by atoms with Crippen molar-refractivity contribution in [3.05, 3.63) is 39.6 Å². The third kappa shape index (κ3) is 2.42. The van der Waals surface area contributed by atoms with Gasteiger partial charge in [-0.2, -0.15) is 5.10 Å². The molecule has 0 unspecified atom stereocenters. The van der Waals surface area contributed by atoms with Crippen LogP contribution in [0.25, 0.3) is 0 Å². The minimum absolute atomic E-state index is 0.138. The number of aromatic nitrogens is 2. The molecule has 0 spiro atoms. The molecule has 0 fully saturated rings. The molecule has 0 radical (unpaired) electrons. The Morgan fingerprint density at radius 1 is 1.44 bits per heavy atom. The zero-order valence-corrected chi connectivity index (χ0v) is 10.9. The molecule has 0 bridgehead atoms. The number of carbonyl (C=O) groups excluding carboxylic acids is 1. The molecule has 0 aliphatic heterocycles. The average molecular weight is 285 g/mol. The Kier molecular flexibility index (Phi) is 3.45.